The first kappa shape index (κ1) is 19.4. The Morgan fingerprint density at radius 1 is 1.17 bits per heavy atom. The van der Waals surface area contributed by atoms with Crippen LogP contribution in [0.2, 0.25) is 0 Å². The maximum absolute atomic E-state index is 12.5. The Morgan fingerprint density at radius 3 is 2.79 bits per heavy atom. The minimum atomic E-state index is -0.265. The van der Waals surface area contributed by atoms with Gasteiger partial charge in [0.25, 0.3) is 0 Å². The Bertz CT molecular complexity index is 1000. The predicted octanol–water partition coefficient (Wildman–Crippen LogP) is 3.83. The Morgan fingerprint density at radius 2 is 1.97 bits per heavy atom. The highest BCUT2D eigenvalue weighted by molar-refractivity contribution is 8.00. The molecule has 0 spiro atoms. The molecule has 2 N–H and O–H groups in total. The van der Waals surface area contributed by atoms with E-state index in [0.29, 0.717) is 6.54 Å². The fourth-order valence-corrected chi connectivity index (χ4v) is 3.99. The average Bonchev–Trinajstić information content (AvgIpc) is 3.32. The van der Waals surface area contributed by atoms with Gasteiger partial charge in [-0.1, -0.05) is 48.2 Å². The number of aromatic nitrogens is 2. The molecule has 0 saturated heterocycles. The normalized spacial score (nSPS) is 13.3. The number of benzene rings is 2. The summed E-state index contributed by atoms with van der Waals surface area (Å²) >= 11 is 1.43. The van der Waals surface area contributed by atoms with Crippen LogP contribution in [0.5, 0.6) is 11.5 Å². The summed E-state index contributed by atoms with van der Waals surface area (Å²) in [7, 11) is 0. The van der Waals surface area contributed by atoms with Gasteiger partial charge in [-0.3, -0.25) is 4.79 Å². The van der Waals surface area contributed by atoms with E-state index >= 15 is 0 Å². The minimum absolute atomic E-state index is 0.0358. The maximum Gasteiger partial charge on any atom is 0.233 e. The van der Waals surface area contributed by atoms with E-state index in [9.17, 15) is 4.79 Å². The number of carbonyl (C=O) groups is 1. The summed E-state index contributed by atoms with van der Waals surface area (Å²) in [6.45, 7) is 4.58. The Hall–Kier alpha value is -2.93. The summed E-state index contributed by atoms with van der Waals surface area (Å²) in [5, 5.41) is 3.47. The lowest BCUT2D eigenvalue weighted by atomic mass is 10.1. The first-order chi connectivity index (χ1) is 14.1. The monoisotopic (exact) mass is 409 g/mol. The molecule has 1 unspecified atom stereocenters. The Labute approximate surface area is 174 Å². The molecule has 1 aromatic heterocycles. The molecule has 2 aromatic carbocycles. The van der Waals surface area contributed by atoms with E-state index in [2.05, 4.69) is 27.4 Å². The number of fused-ring (bicyclic) bond motifs is 1. The molecule has 1 aliphatic rings. The average molecular weight is 410 g/mol. The van der Waals surface area contributed by atoms with Crippen molar-refractivity contribution in [1.29, 1.82) is 0 Å². The molecule has 7 heteroatoms. The summed E-state index contributed by atoms with van der Waals surface area (Å²) in [6, 6.07) is 15.9. The summed E-state index contributed by atoms with van der Waals surface area (Å²) < 4.78 is 10.7. The Kier molecular flexibility index (Phi) is 5.76. The van der Waals surface area contributed by atoms with Gasteiger partial charge in [0.2, 0.25) is 12.7 Å². The molecule has 0 bridgehead atoms. The van der Waals surface area contributed by atoms with Crippen molar-refractivity contribution in [3.63, 3.8) is 0 Å². The minimum Gasteiger partial charge on any atom is -0.454 e. The molecule has 1 atom stereocenters. The molecular weight excluding hydrogens is 386 g/mol. The molecule has 0 aliphatic carbocycles. The number of carbonyl (C=O) groups excluding carboxylic acids is 1. The van der Waals surface area contributed by atoms with E-state index in [0.717, 1.165) is 40.0 Å². The molecule has 0 radical (unpaired) electrons. The van der Waals surface area contributed by atoms with E-state index in [1.54, 1.807) is 0 Å². The van der Waals surface area contributed by atoms with Gasteiger partial charge >= 0.3 is 0 Å². The number of thioether (sulfide) groups is 1. The predicted molar refractivity (Wildman–Crippen MR) is 112 cm³/mol. The van der Waals surface area contributed by atoms with Crippen molar-refractivity contribution < 1.29 is 14.3 Å². The van der Waals surface area contributed by atoms with Gasteiger partial charge < -0.3 is 19.8 Å². The topological polar surface area (TPSA) is 76.2 Å². The first-order valence-corrected chi connectivity index (χ1v) is 10.4. The van der Waals surface area contributed by atoms with E-state index < -0.39 is 0 Å². The standard InChI is InChI=1S/C22H23N3O3S/c1-14-18(10-16-6-4-3-5-7-16)25-22(24-14)29-15(2)21(26)23-12-17-8-9-19-20(11-17)28-13-27-19/h3-9,11,15H,10,12-13H2,1-2H3,(H,23,26)(H,24,25). The number of hydrogen-bond donors (Lipinski definition) is 2. The van der Waals surface area contributed by atoms with Crippen molar-refractivity contribution in [3.05, 3.63) is 71.0 Å². The second-order valence-electron chi connectivity index (χ2n) is 6.94. The van der Waals surface area contributed by atoms with Crippen LogP contribution in [-0.4, -0.2) is 27.9 Å². The lowest BCUT2D eigenvalue weighted by molar-refractivity contribution is -0.120. The van der Waals surface area contributed by atoms with Gasteiger partial charge in [0.1, 0.15) is 0 Å². The second-order valence-corrected chi connectivity index (χ2v) is 8.27. The van der Waals surface area contributed by atoms with Crippen LogP contribution in [0.1, 0.15) is 29.4 Å². The molecule has 1 amide bonds. The number of rotatable bonds is 7. The zero-order chi connectivity index (χ0) is 20.2. The fourth-order valence-electron chi connectivity index (χ4n) is 3.09. The SMILES string of the molecule is Cc1[nH]c(SC(C)C(=O)NCc2ccc3c(c2)OCO3)nc1Cc1ccccc1. The van der Waals surface area contributed by atoms with Gasteiger partial charge in [-0.25, -0.2) is 4.98 Å². The number of H-pyrrole nitrogens is 1. The fraction of sp³-hybridized carbons (Fsp3) is 0.273. The van der Waals surface area contributed by atoms with Crippen LogP contribution in [-0.2, 0) is 17.8 Å². The van der Waals surface area contributed by atoms with Gasteiger partial charge in [0, 0.05) is 18.7 Å². The van der Waals surface area contributed by atoms with Crippen LogP contribution in [0.25, 0.3) is 0 Å². The summed E-state index contributed by atoms with van der Waals surface area (Å²) in [6.07, 6.45) is 0.772. The van der Waals surface area contributed by atoms with Crippen molar-refractivity contribution in [2.24, 2.45) is 0 Å². The van der Waals surface area contributed by atoms with Crippen LogP contribution >= 0.6 is 11.8 Å². The number of nitrogens with zero attached hydrogens (tertiary/aromatic N) is 1. The van der Waals surface area contributed by atoms with E-state index in [4.69, 9.17) is 9.47 Å². The molecule has 4 rings (SSSR count). The first-order valence-electron chi connectivity index (χ1n) is 9.51. The third-order valence-corrected chi connectivity index (χ3v) is 5.72. The number of aryl methyl sites for hydroxylation is 1. The van der Waals surface area contributed by atoms with E-state index in [1.165, 1.54) is 17.3 Å². The Balaban J connectivity index is 1.32. The molecule has 2 heterocycles. The maximum atomic E-state index is 12.5. The number of amides is 1. The van der Waals surface area contributed by atoms with Gasteiger partial charge in [-0.15, -0.1) is 0 Å². The van der Waals surface area contributed by atoms with Crippen molar-refractivity contribution >= 4 is 17.7 Å². The van der Waals surface area contributed by atoms with Gasteiger partial charge in [-0.05, 0) is 37.1 Å². The van der Waals surface area contributed by atoms with E-state index in [1.807, 2.05) is 50.2 Å². The summed E-state index contributed by atoms with van der Waals surface area (Å²) in [5.41, 5.74) is 4.22. The van der Waals surface area contributed by atoms with Crippen LogP contribution < -0.4 is 14.8 Å². The van der Waals surface area contributed by atoms with Crippen molar-refractivity contribution in [3.8, 4) is 11.5 Å². The molecule has 29 heavy (non-hydrogen) atoms. The number of ether oxygens (including phenoxy) is 2. The quantitative estimate of drug-likeness (QED) is 0.580. The molecule has 3 aromatic rings. The van der Waals surface area contributed by atoms with Crippen LogP contribution in [0, 0.1) is 6.92 Å². The van der Waals surface area contributed by atoms with Gasteiger partial charge in [0.15, 0.2) is 16.7 Å². The highest BCUT2D eigenvalue weighted by Crippen LogP contribution is 2.32. The summed E-state index contributed by atoms with van der Waals surface area (Å²) in [4.78, 5) is 20.5. The molecule has 6 nitrogen and oxygen atoms in total. The highest BCUT2D eigenvalue weighted by Gasteiger charge is 2.18. The van der Waals surface area contributed by atoms with Gasteiger partial charge in [-0.2, -0.15) is 0 Å². The van der Waals surface area contributed by atoms with Crippen molar-refractivity contribution in [2.75, 3.05) is 6.79 Å². The highest BCUT2D eigenvalue weighted by atomic mass is 32.2. The third-order valence-electron chi connectivity index (χ3n) is 4.74. The number of imidazole rings is 1. The molecule has 1 aliphatic heterocycles. The molecule has 0 fully saturated rings. The van der Waals surface area contributed by atoms with Gasteiger partial charge in [0.05, 0.1) is 10.9 Å². The molecule has 0 saturated carbocycles. The van der Waals surface area contributed by atoms with E-state index in [-0.39, 0.29) is 18.0 Å². The van der Waals surface area contributed by atoms with Crippen LogP contribution in [0.3, 0.4) is 0 Å². The zero-order valence-electron chi connectivity index (χ0n) is 16.4. The third kappa shape index (κ3) is 4.74. The summed E-state index contributed by atoms with van der Waals surface area (Å²) in [5.74, 6) is 1.42. The number of aromatic amines is 1. The second kappa shape index (κ2) is 8.61. The van der Waals surface area contributed by atoms with Crippen LogP contribution in [0.4, 0.5) is 0 Å². The van der Waals surface area contributed by atoms with Crippen molar-refractivity contribution in [1.82, 2.24) is 15.3 Å². The lowest BCUT2D eigenvalue weighted by Crippen LogP contribution is -2.30. The molecule has 150 valence electrons. The van der Waals surface area contributed by atoms with Crippen LogP contribution in [0.15, 0.2) is 53.7 Å². The number of nitrogens with one attached hydrogen (secondary N) is 2. The zero-order valence-corrected chi connectivity index (χ0v) is 17.2. The lowest BCUT2D eigenvalue weighted by Gasteiger charge is -2.11. The molecular formula is C22H23N3O3S. The van der Waals surface area contributed by atoms with Crippen molar-refractivity contribution in [2.45, 2.75) is 37.2 Å². The largest absolute Gasteiger partial charge is 0.454 e. The number of hydrogen-bond acceptors (Lipinski definition) is 5. The smallest absolute Gasteiger partial charge is 0.233 e.